The Labute approximate surface area is 178 Å². The summed E-state index contributed by atoms with van der Waals surface area (Å²) in [6.45, 7) is 6.16. The number of carbonyl (C=O) groups excluding carboxylic acids is 2. The van der Waals surface area contributed by atoms with Gasteiger partial charge >= 0.3 is 6.03 Å². The second-order valence-electron chi connectivity index (χ2n) is 7.39. The third-order valence-electron chi connectivity index (χ3n) is 3.96. The first-order valence-electron chi connectivity index (χ1n) is 8.91. The van der Waals surface area contributed by atoms with Crippen molar-refractivity contribution in [2.75, 3.05) is 16.0 Å². The molecule has 3 N–H and O–H groups in total. The molecule has 0 aliphatic carbocycles. The molecular weight excluding hydrogens is 408 g/mol. The first kappa shape index (κ1) is 20.8. The smallest absolute Gasteiger partial charge is 0.320 e. The highest BCUT2D eigenvalue weighted by Crippen LogP contribution is 2.36. The Kier molecular flexibility index (Phi) is 6.20. The molecule has 0 bridgehead atoms. The van der Waals surface area contributed by atoms with E-state index >= 15 is 0 Å². The van der Waals surface area contributed by atoms with Gasteiger partial charge in [-0.25, -0.2) is 4.79 Å². The average molecular weight is 429 g/mol. The summed E-state index contributed by atoms with van der Waals surface area (Å²) in [5, 5.41) is 9.40. The Balaban J connectivity index is 1.82. The number of anilines is 3. The molecule has 8 heteroatoms. The molecule has 1 aromatic carbocycles. The summed E-state index contributed by atoms with van der Waals surface area (Å²) in [6.07, 6.45) is 3.20. The van der Waals surface area contributed by atoms with Crippen LogP contribution in [-0.4, -0.2) is 16.9 Å². The van der Waals surface area contributed by atoms with Crippen molar-refractivity contribution in [2.24, 2.45) is 0 Å². The van der Waals surface area contributed by atoms with Gasteiger partial charge in [-0.2, -0.15) is 0 Å². The van der Waals surface area contributed by atoms with Crippen LogP contribution in [0, 0.1) is 0 Å². The van der Waals surface area contributed by atoms with Crippen LogP contribution in [0.1, 0.15) is 36.0 Å². The fourth-order valence-electron chi connectivity index (χ4n) is 2.46. The van der Waals surface area contributed by atoms with E-state index in [-0.39, 0.29) is 11.3 Å². The molecule has 0 aliphatic heterocycles. The zero-order chi connectivity index (χ0) is 21.0. The van der Waals surface area contributed by atoms with E-state index in [0.29, 0.717) is 27.0 Å². The van der Waals surface area contributed by atoms with Crippen molar-refractivity contribution in [1.82, 2.24) is 4.98 Å². The predicted octanol–water partition coefficient (Wildman–Crippen LogP) is 5.99. The quantitative estimate of drug-likeness (QED) is 0.477. The van der Waals surface area contributed by atoms with E-state index in [9.17, 15) is 9.59 Å². The molecule has 3 rings (SSSR count). The zero-order valence-corrected chi connectivity index (χ0v) is 17.8. The molecule has 3 aromatic rings. The number of rotatable bonds is 4. The molecule has 0 spiro atoms. The van der Waals surface area contributed by atoms with Gasteiger partial charge in [-0.1, -0.05) is 32.4 Å². The summed E-state index contributed by atoms with van der Waals surface area (Å²) in [6, 6.07) is 11.6. The maximum atomic E-state index is 12.8. The molecule has 0 saturated heterocycles. The summed E-state index contributed by atoms with van der Waals surface area (Å²) in [5.41, 5.74) is 1.41. The van der Waals surface area contributed by atoms with Gasteiger partial charge < -0.3 is 10.6 Å². The van der Waals surface area contributed by atoms with E-state index in [1.807, 2.05) is 6.07 Å². The Morgan fingerprint density at radius 3 is 2.34 bits per heavy atom. The molecule has 0 atom stereocenters. The number of carbonyl (C=O) groups is 2. The molecule has 29 heavy (non-hydrogen) atoms. The van der Waals surface area contributed by atoms with Crippen molar-refractivity contribution in [2.45, 2.75) is 26.2 Å². The van der Waals surface area contributed by atoms with Crippen LogP contribution in [0.3, 0.4) is 0 Å². The summed E-state index contributed by atoms with van der Waals surface area (Å²) in [4.78, 5) is 30.3. The third-order valence-corrected chi connectivity index (χ3v) is 5.69. The number of hydrogen-bond acceptors (Lipinski definition) is 4. The number of halogens is 1. The highest BCUT2D eigenvalue weighted by atomic mass is 35.5. The van der Waals surface area contributed by atoms with Crippen LogP contribution >= 0.6 is 22.9 Å². The van der Waals surface area contributed by atoms with Crippen molar-refractivity contribution >= 4 is 51.3 Å². The summed E-state index contributed by atoms with van der Waals surface area (Å²) in [7, 11) is 0. The Morgan fingerprint density at radius 1 is 1.00 bits per heavy atom. The molecule has 0 fully saturated rings. The van der Waals surface area contributed by atoms with Gasteiger partial charge in [-0.15, -0.1) is 11.3 Å². The van der Waals surface area contributed by atoms with Gasteiger partial charge in [0.2, 0.25) is 0 Å². The lowest BCUT2D eigenvalue weighted by molar-refractivity contribution is 0.102. The fraction of sp³-hybridized carbons (Fsp3) is 0.190. The molecule has 0 unspecified atom stereocenters. The number of benzene rings is 1. The van der Waals surface area contributed by atoms with Gasteiger partial charge in [0.15, 0.2) is 0 Å². The first-order valence-corrected chi connectivity index (χ1v) is 10.1. The van der Waals surface area contributed by atoms with Crippen LogP contribution < -0.4 is 16.0 Å². The Morgan fingerprint density at radius 2 is 1.72 bits per heavy atom. The minimum atomic E-state index is -0.440. The number of aromatic nitrogens is 1. The average Bonchev–Trinajstić information content (AvgIpc) is 3.09. The van der Waals surface area contributed by atoms with Crippen LogP contribution in [0.2, 0.25) is 5.02 Å². The second kappa shape index (κ2) is 8.63. The first-order chi connectivity index (χ1) is 13.7. The zero-order valence-electron chi connectivity index (χ0n) is 16.2. The number of nitrogens with zero attached hydrogens (tertiary/aromatic N) is 1. The molecule has 3 amide bonds. The minimum Gasteiger partial charge on any atom is -0.320 e. The molecular formula is C21H21ClN4O2S. The molecule has 0 saturated carbocycles. The Bertz CT molecular complexity index is 1010. The van der Waals surface area contributed by atoms with Gasteiger partial charge in [0.25, 0.3) is 5.91 Å². The SMILES string of the molecule is CC(C)(C)c1cc(C(=O)Nc2cccnc2)c(NC(=O)Nc2ccc(Cl)cc2)s1. The van der Waals surface area contributed by atoms with E-state index in [1.165, 1.54) is 11.3 Å². The summed E-state index contributed by atoms with van der Waals surface area (Å²) >= 11 is 7.25. The molecule has 2 aromatic heterocycles. The lowest BCUT2D eigenvalue weighted by Gasteiger charge is -2.15. The van der Waals surface area contributed by atoms with E-state index in [0.717, 1.165) is 4.88 Å². The van der Waals surface area contributed by atoms with Gasteiger partial charge in [-0.3, -0.25) is 15.1 Å². The van der Waals surface area contributed by atoms with Crippen LogP contribution in [-0.2, 0) is 5.41 Å². The van der Waals surface area contributed by atoms with Crippen molar-refractivity contribution < 1.29 is 9.59 Å². The van der Waals surface area contributed by atoms with Gasteiger partial charge in [0.1, 0.15) is 5.00 Å². The van der Waals surface area contributed by atoms with Crippen molar-refractivity contribution in [3.05, 3.63) is 70.3 Å². The molecule has 0 radical (unpaired) electrons. The Hall–Kier alpha value is -2.90. The maximum absolute atomic E-state index is 12.8. The topological polar surface area (TPSA) is 83.1 Å². The number of nitrogens with one attached hydrogen (secondary N) is 3. The van der Waals surface area contributed by atoms with E-state index in [4.69, 9.17) is 11.6 Å². The number of pyridine rings is 1. The third kappa shape index (κ3) is 5.56. The standard InChI is InChI=1S/C21H21ClN4O2S/c1-21(2,3)17-11-16(18(27)24-15-5-4-10-23-12-15)19(29-17)26-20(28)25-14-8-6-13(22)7-9-14/h4-12H,1-3H3,(H,24,27)(H2,25,26,28). The highest BCUT2D eigenvalue weighted by Gasteiger charge is 2.24. The monoisotopic (exact) mass is 428 g/mol. The highest BCUT2D eigenvalue weighted by molar-refractivity contribution is 7.17. The second-order valence-corrected chi connectivity index (χ2v) is 8.87. The van der Waals surface area contributed by atoms with Crippen LogP contribution in [0.4, 0.5) is 21.2 Å². The van der Waals surface area contributed by atoms with Crippen molar-refractivity contribution in [1.29, 1.82) is 0 Å². The van der Waals surface area contributed by atoms with Crippen LogP contribution in [0.25, 0.3) is 0 Å². The number of thiophene rings is 1. The summed E-state index contributed by atoms with van der Waals surface area (Å²) in [5.74, 6) is -0.313. The van der Waals surface area contributed by atoms with Crippen molar-refractivity contribution in [3.63, 3.8) is 0 Å². The predicted molar refractivity (Wildman–Crippen MR) is 119 cm³/mol. The summed E-state index contributed by atoms with van der Waals surface area (Å²) < 4.78 is 0. The largest absolute Gasteiger partial charge is 0.324 e. The number of urea groups is 1. The van der Waals surface area contributed by atoms with E-state index < -0.39 is 6.03 Å². The lowest BCUT2D eigenvalue weighted by Crippen LogP contribution is -2.21. The maximum Gasteiger partial charge on any atom is 0.324 e. The van der Waals surface area contributed by atoms with Gasteiger partial charge in [0.05, 0.1) is 17.4 Å². The minimum absolute atomic E-state index is 0.166. The molecule has 150 valence electrons. The van der Waals surface area contributed by atoms with Gasteiger partial charge in [0, 0.05) is 21.8 Å². The molecule has 6 nitrogen and oxygen atoms in total. The number of hydrogen-bond donors (Lipinski definition) is 3. The van der Waals surface area contributed by atoms with E-state index in [1.54, 1.807) is 48.8 Å². The van der Waals surface area contributed by atoms with E-state index in [2.05, 4.69) is 41.7 Å². The normalized spacial score (nSPS) is 11.0. The lowest BCUT2D eigenvalue weighted by atomic mass is 9.94. The molecule has 2 heterocycles. The van der Waals surface area contributed by atoms with Crippen LogP contribution in [0.5, 0.6) is 0 Å². The molecule has 0 aliphatic rings. The number of amides is 3. The van der Waals surface area contributed by atoms with Crippen molar-refractivity contribution in [3.8, 4) is 0 Å². The van der Waals surface area contributed by atoms with Gasteiger partial charge in [-0.05, 0) is 47.9 Å². The fourth-order valence-corrected chi connectivity index (χ4v) is 3.69. The van der Waals surface area contributed by atoms with Crippen LogP contribution in [0.15, 0.2) is 54.9 Å².